The van der Waals surface area contributed by atoms with E-state index in [1.807, 2.05) is 0 Å². The molecule has 10 nitrogen and oxygen atoms in total. The van der Waals surface area contributed by atoms with Crippen LogP contribution in [0.15, 0.2) is 36.4 Å². The Bertz CT molecular complexity index is 997. The van der Waals surface area contributed by atoms with Crippen molar-refractivity contribution >= 4 is 23.5 Å². The van der Waals surface area contributed by atoms with Crippen molar-refractivity contribution in [1.82, 2.24) is 4.90 Å². The molecule has 2 heterocycles. The standard InChI is InChI=1S/C18H12N2O8/c21-16-10-3-1-2-4-11(10)17(22)19(16)9-28-18(23)12-7-14-15(27-6-5-26-14)8-13(12)20(24)25/h1-4,7-8H,5-6,9H2. The lowest BCUT2D eigenvalue weighted by Gasteiger charge is -2.19. The quantitative estimate of drug-likeness (QED) is 0.338. The predicted molar refractivity (Wildman–Crippen MR) is 91.3 cm³/mol. The van der Waals surface area contributed by atoms with Crippen molar-refractivity contribution in [2.24, 2.45) is 0 Å². The van der Waals surface area contributed by atoms with Crippen LogP contribution in [0.25, 0.3) is 0 Å². The van der Waals surface area contributed by atoms with Crippen LogP contribution in [0.5, 0.6) is 11.5 Å². The minimum atomic E-state index is -1.07. The van der Waals surface area contributed by atoms with Crippen molar-refractivity contribution < 1.29 is 33.5 Å². The number of amides is 2. The molecule has 0 fully saturated rings. The molecule has 0 radical (unpaired) electrons. The molecule has 0 aliphatic carbocycles. The van der Waals surface area contributed by atoms with Crippen LogP contribution < -0.4 is 9.47 Å². The molecule has 10 heteroatoms. The number of nitro groups is 1. The summed E-state index contributed by atoms with van der Waals surface area (Å²) in [5.41, 5.74) is -0.495. The highest BCUT2D eigenvalue weighted by molar-refractivity contribution is 6.21. The maximum absolute atomic E-state index is 12.4. The fourth-order valence-electron chi connectivity index (χ4n) is 2.95. The summed E-state index contributed by atoms with van der Waals surface area (Å²) >= 11 is 0. The van der Waals surface area contributed by atoms with E-state index >= 15 is 0 Å². The number of rotatable bonds is 4. The third-order valence-corrected chi connectivity index (χ3v) is 4.28. The van der Waals surface area contributed by atoms with Gasteiger partial charge in [-0.25, -0.2) is 9.69 Å². The Morgan fingerprint density at radius 1 is 1.07 bits per heavy atom. The smallest absolute Gasteiger partial charge is 0.347 e. The molecule has 0 spiro atoms. The SMILES string of the molecule is O=C(OCN1C(=O)c2ccccc2C1=O)c1cc2c(cc1[N+](=O)[O-])OCCO2. The van der Waals surface area contributed by atoms with Gasteiger partial charge in [0.05, 0.1) is 22.1 Å². The van der Waals surface area contributed by atoms with Crippen molar-refractivity contribution in [2.45, 2.75) is 0 Å². The summed E-state index contributed by atoms with van der Waals surface area (Å²) in [4.78, 5) is 48.3. The fraction of sp³-hybridized carbons (Fsp3) is 0.167. The number of nitro benzene ring substituents is 1. The zero-order chi connectivity index (χ0) is 19.8. The first-order chi connectivity index (χ1) is 13.5. The summed E-state index contributed by atoms with van der Waals surface area (Å²) in [5.74, 6) is -1.96. The van der Waals surface area contributed by atoms with Crippen molar-refractivity contribution in [3.05, 3.63) is 63.2 Å². The summed E-state index contributed by atoms with van der Waals surface area (Å²) < 4.78 is 15.6. The van der Waals surface area contributed by atoms with Gasteiger partial charge in [0, 0.05) is 6.07 Å². The largest absolute Gasteiger partial charge is 0.486 e. The number of carbonyl (C=O) groups excluding carboxylic acids is 3. The van der Waals surface area contributed by atoms with E-state index in [-0.39, 0.29) is 41.4 Å². The Kier molecular flexibility index (Phi) is 4.15. The van der Waals surface area contributed by atoms with Gasteiger partial charge in [0.15, 0.2) is 18.2 Å². The van der Waals surface area contributed by atoms with Gasteiger partial charge in [-0.2, -0.15) is 0 Å². The summed E-state index contributed by atoms with van der Waals surface area (Å²) in [6.45, 7) is -0.210. The van der Waals surface area contributed by atoms with Gasteiger partial charge in [-0.1, -0.05) is 12.1 Å². The van der Waals surface area contributed by atoms with E-state index < -0.39 is 35.1 Å². The van der Waals surface area contributed by atoms with Crippen LogP contribution in [-0.4, -0.2) is 47.6 Å². The lowest BCUT2D eigenvalue weighted by Crippen LogP contribution is -2.33. The zero-order valence-corrected chi connectivity index (χ0v) is 14.2. The molecule has 2 aromatic rings. The first kappa shape index (κ1) is 17.5. The second-order valence-electron chi connectivity index (χ2n) is 5.91. The highest BCUT2D eigenvalue weighted by Gasteiger charge is 2.36. The number of hydrogen-bond donors (Lipinski definition) is 0. The van der Waals surface area contributed by atoms with E-state index in [2.05, 4.69) is 0 Å². The number of hydrogen-bond acceptors (Lipinski definition) is 8. The van der Waals surface area contributed by atoms with Crippen LogP contribution in [0.2, 0.25) is 0 Å². The molecule has 28 heavy (non-hydrogen) atoms. The number of esters is 1. The topological polar surface area (TPSA) is 125 Å². The van der Waals surface area contributed by atoms with E-state index in [1.54, 1.807) is 12.1 Å². The van der Waals surface area contributed by atoms with Crippen LogP contribution in [0.3, 0.4) is 0 Å². The fourth-order valence-corrected chi connectivity index (χ4v) is 2.95. The number of carbonyl (C=O) groups is 3. The van der Waals surface area contributed by atoms with Gasteiger partial charge in [-0.05, 0) is 12.1 Å². The highest BCUT2D eigenvalue weighted by Crippen LogP contribution is 2.37. The second kappa shape index (κ2) is 6.65. The summed E-state index contributed by atoms with van der Waals surface area (Å²) in [7, 11) is 0. The molecule has 0 saturated heterocycles. The molecule has 0 N–H and O–H groups in total. The molecule has 142 valence electrons. The molecule has 2 aliphatic heterocycles. The van der Waals surface area contributed by atoms with Gasteiger partial charge >= 0.3 is 5.97 Å². The highest BCUT2D eigenvalue weighted by atomic mass is 16.6. The molecular formula is C18H12N2O8. The molecular weight excluding hydrogens is 372 g/mol. The average Bonchev–Trinajstić information content (AvgIpc) is 2.95. The third kappa shape index (κ3) is 2.80. The number of ether oxygens (including phenoxy) is 3. The van der Waals surface area contributed by atoms with E-state index in [1.165, 1.54) is 12.1 Å². The minimum Gasteiger partial charge on any atom is -0.486 e. The van der Waals surface area contributed by atoms with Crippen LogP contribution in [0.4, 0.5) is 5.69 Å². The normalized spacial score (nSPS) is 14.6. The molecule has 0 aromatic heterocycles. The van der Waals surface area contributed by atoms with Crippen LogP contribution in [0, 0.1) is 10.1 Å². The summed E-state index contributed by atoms with van der Waals surface area (Å²) in [6, 6.07) is 8.42. The van der Waals surface area contributed by atoms with Gasteiger partial charge in [-0.3, -0.25) is 19.7 Å². The molecule has 0 unspecified atom stereocenters. The van der Waals surface area contributed by atoms with Crippen molar-refractivity contribution in [3.8, 4) is 11.5 Å². The lowest BCUT2D eigenvalue weighted by atomic mass is 10.1. The third-order valence-electron chi connectivity index (χ3n) is 4.28. The Morgan fingerprint density at radius 3 is 2.21 bits per heavy atom. The van der Waals surface area contributed by atoms with Gasteiger partial charge in [0.25, 0.3) is 17.5 Å². The number of imide groups is 1. The van der Waals surface area contributed by atoms with Crippen LogP contribution in [-0.2, 0) is 4.74 Å². The second-order valence-corrected chi connectivity index (χ2v) is 5.91. The minimum absolute atomic E-state index is 0.148. The van der Waals surface area contributed by atoms with Crippen LogP contribution >= 0.6 is 0 Å². The molecule has 0 saturated carbocycles. The molecule has 2 amide bonds. The lowest BCUT2D eigenvalue weighted by molar-refractivity contribution is -0.385. The molecule has 2 aliphatic rings. The van der Waals surface area contributed by atoms with Crippen molar-refractivity contribution in [2.75, 3.05) is 19.9 Å². The Balaban J connectivity index is 1.56. The molecule has 0 atom stereocenters. The van der Waals surface area contributed by atoms with E-state index in [9.17, 15) is 24.5 Å². The van der Waals surface area contributed by atoms with Gasteiger partial charge in [-0.15, -0.1) is 0 Å². The van der Waals surface area contributed by atoms with Crippen LogP contribution in [0.1, 0.15) is 31.1 Å². The van der Waals surface area contributed by atoms with Crippen molar-refractivity contribution in [3.63, 3.8) is 0 Å². The van der Waals surface area contributed by atoms with E-state index in [0.717, 1.165) is 17.0 Å². The summed E-state index contributed by atoms with van der Waals surface area (Å²) in [6.07, 6.45) is 0. The average molecular weight is 384 g/mol. The maximum atomic E-state index is 12.4. The maximum Gasteiger partial charge on any atom is 0.347 e. The Labute approximate surface area is 157 Å². The van der Waals surface area contributed by atoms with E-state index in [4.69, 9.17) is 14.2 Å². The van der Waals surface area contributed by atoms with E-state index in [0.29, 0.717) is 0 Å². The molecule has 2 aromatic carbocycles. The molecule has 4 rings (SSSR count). The first-order valence-electron chi connectivity index (χ1n) is 8.18. The number of fused-ring (bicyclic) bond motifs is 2. The monoisotopic (exact) mass is 384 g/mol. The summed E-state index contributed by atoms with van der Waals surface area (Å²) in [5, 5.41) is 11.3. The number of nitrogens with zero attached hydrogens (tertiary/aromatic N) is 2. The van der Waals surface area contributed by atoms with Crippen molar-refractivity contribution in [1.29, 1.82) is 0 Å². The predicted octanol–water partition coefficient (Wildman–Crippen LogP) is 1.78. The Hall–Kier alpha value is -3.95. The number of benzene rings is 2. The zero-order valence-electron chi connectivity index (χ0n) is 14.2. The first-order valence-corrected chi connectivity index (χ1v) is 8.18. The van der Waals surface area contributed by atoms with Gasteiger partial charge in [0.1, 0.15) is 18.8 Å². The van der Waals surface area contributed by atoms with Gasteiger partial charge in [0.2, 0.25) is 0 Å². The Morgan fingerprint density at radius 2 is 1.64 bits per heavy atom. The van der Waals surface area contributed by atoms with Gasteiger partial charge < -0.3 is 14.2 Å². The molecule has 0 bridgehead atoms.